The van der Waals surface area contributed by atoms with Gasteiger partial charge in [0, 0.05) is 44.2 Å². The number of rotatable bonds is 9. The summed E-state index contributed by atoms with van der Waals surface area (Å²) < 4.78 is 0. The van der Waals surface area contributed by atoms with Gasteiger partial charge < -0.3 is 15.5 Å². The lowest BCUT2D eigenvalue weighted by Crippen LogP contribution is -2.44. The van der Waals surface area contributed by atoms with Crippen molar-refractivity contribution >= 4 is 22.8 Å². The van der Waals surface area contributed by atoms with Gasteiger partial charge in [-0.1, -0.05) is 26.7 Å². The van der Waals surface area contributed by atoms with Crippen molar-refractivity contribution < 1.29 is 9.59 Å². The minimum atomic E-state index is -0.0673. The molecule has 1 saturated heterocycles. The molecule has 2 aromatic rings. The predicted octanol–water partition coefficient (Wildman–Crippen LogP) is 2.27. The number of aromatic nitrogens is 3. The molecule has 0 spiro atoms. The van der Waals surface area contributed by atoms with Crippen molar-refractivity contribution in [2.24, 2.45) is 5.92 Å². The molecule has 164 valence electrons. The number of fused-ring (bicyclic) bond motifs is 1. The van der Waals surface area contributed by atoms with Crippen LogP contribution < -0.4 is 10.6 Å². The van der Waals surface area contributed by atoms with Crippen LogP contribution in [-0.2, 0) is 11.2 Å². The fourth-order valence-electron chi connectivity index (χ4n) is 4.13. The highest BCUT2D eigenvalue weighted by Gasteiger charge is 2.21. The molecule has 3 heterocycles. The number of hydrogen-bond acceptors (Lipinski definition) is 5. The van der Waals surface area contributed by atoms with E-state index in [9.17, 15) is 9.59 Å². The van der Waals surface area contributed by atoms with Crippen LogP contribution in [0, 0.1) is 5.92 Å². The molecule has 2 aromatic heterocycles. The molecule has 3 N–H and O–H groups in total. The lowest BCUT2D eigenvalue weighted by molar-refractivity contribution is -0.129. The molecule has 0 unspecified atom stereocenters. The number of hydrogen-bond donors (Lipinski definition) is 3. The van der Waals surface area contributed by atoms with Crippen LogP contribution in [0.5, 0.6) is 0 Å². The van der Waals surface area contributed by atoms with Crippen LogP contribution in [0.4, 0.5) is 0 Å². The Kier molecular flexibility index (Phi) is 7.79. The highest BCUT2D eigenvalue weighted by molar-refractivity contribution is 5.99. The fourth-order valence-corrected chi connectivity index (χ4v) is 4.13. The first-order chi connectivity index (χ1) is 14.5. The Morgan fingerprint density at radius 3 is 2.63 bits per heavy atom. The smallest absolute Gasteiger partial charge is 0.253 e. The normalized spacial score (nSPS) is 15.1. The Bertz CT molecular complexity index is 852. The number of carbonyl (C=O) groups excluding carboxylic acids is 2. The molecule has 0 bridgehead atoms. The lowest BCUT2D eigenvalue weighted by Gasteiger charge is -2.31. The van der Waals surface area contributed by atoms with Gasteiger partial charge in [0.2, 0.25) is 5.91 Å². The third kappa shape index (κ3) is 5.36. The average Bonchev–Trinajstić information content (AvgIpc) is 3.24. The van der Waals surface area contributed by atoms with Crippen molar-refractivity contribution in [3.05, 3.63) is 23.5 Å². The maximum atomic E-state index is 12.9. The molecule has 1 aliphatic rings. The van der Waals surface area contributed by atoms with Gasteiger partial charge in [-0.25, -0.2) is 4.98 Å². The quantitative estimate of drug-likeness (QED) is 0.584. The Morgan fingerprint density at radius 2 is 1.97 bits per heavy atom. The molecule has 8 heteroatoms. The number of amides is 2. The number of nitrogens with one attached hydrogen (secondary N) is 3. The molecular weight excluding hydrogens is 380 g/mol. The van der Waals surface area contributed by atoms with E-state index in [1.165, 1.54) is 0 Å². The molecule has 1 aliphatic heterocycles. The number of nitrogens with zero attached hydrogens (tertiary/aromatic N) is 3. The molecule has 0 aromatic carbocycles. The molecule has 3 rings (SSSR count). The summed E-state index contributed by atoms with van der Waals surface area (Å²) in [6, 6.07) is 0.398. The number of piperidine rings is 1. The van der Waals surface area contributed by atoms with Gasteiger partial charge in [-0.05, 0) is 37.3 Å². The second kappa shape index (κ2) is 10.5. The fraction of sp³-hybridized carbons (Fsp3) is 0.636. The van der Waals surface area contributed by atoms with Crippen molar-refractivity contribution in [3.63, 3.8) is 0 Å². The number of likely N-dealkylation sites (tertiary alicyclic amines) is 1. The Labute approximate surface area is 178 Å². The van der Waals surface area contributed by atoms with Crippen molar-refractivity contribution in [3.8, 4) is 0 Å². The molecule has 0 atom stereocenters. The van der Waals surface area contributed by atoms with Crippen molar-refractivity contribution in [1.82, 2.24) is 30.7 Å². The molecule has 0 aliphatic carbocycles. The summed E-state index contributed by atoms with van der Waals surface area (Å²) in [5, 5.41) is 14.6. The third-order valence-electron chi connectivity index (χ3n) is 6.29. The van der Waals surface area contributed by atoms with Crippen LogP contribution >= 0.6 is 0 Å². The molecule has 0 radical (unpaired) electrons. The number of pyridine rings is 1. The molecule has 30 heavy (non-hydrogen) atoms. The monoisotopic (exact) mass is 414 g/mol. The summed E-state index contributed by atoms with van der Waals surface area (Å²) in [5.41, 5.74) is 2.31. The molecule has 8 nitrogen and oxygen atoms in total. The first kappa shape index (κ1) is 22.2. The zero-order valence-electron chi connectivity index (χ0n) is 18.3. The first-order valence-corrected chi connectivity index (χ1v) is 11.1. The second-order valence-electron chi connectivity index (χ2n) is 8.16. The predicted molar refractivity (Wildman–Crippen MR) is 117 cm³/mol. The van der Waals surface area contributed by atoms with Gasteiger partial charge in [0.15, 0.2) is 5.65 Å². The minimum absolute atomic E-state index is 0.0673. The van der Waals surface area contributed by atoms with Gasteiger partial charge in [0.25, 0.3) is 5.91 Å². The summed E-state index contributed by atoms with van der Waals surface area (Å²) in [6.45, 7) is 8.98. The van der Waals surface area contributed by atoms with E-state index in [-0.39, 0.29) is 11.8 Å². The van der Waals surface area contributed by atoms with Crippen LogP contribution in [0.3, 0.4) is 0 Å². The van der Waals surface area contributed by atoms with Gasteiger partial charge in [-0.15, -0.1) is 0 Å². The Hall–Kier alpha value is -2.48. The molecule has 0 saturated carbocycles. The van der Waals surface area contributed by atoms with Gasteiger partial charge in [0.05, 0.1) is 11.8 Å². The first-order valence-electron chi connectivity index (χ1n) is 11.1. The van der Waals surface area contributed by atoms with Crippen LogP contribution in [0.1, 0.15) is 62.4 Å². The molecule has 2 amide bonds. The number of H-pyrrole nitrogens is 1. The topological polar surface area (TPSA) is 103 Å². The van der Waals surface area contributed by atoms with Gasteiger partial charge in [-0.3, -0.25) is 14.7 Å². The van der Waals surface area contributed by atoms with E-state index in [1.54, 1.807) is 19.3 Å². The van der Waals surface area contributed by atoms with E-state index in [4.69, 9.17) is 0 Å². The van der Waals surface area contributed by atoms with Crippen LogP contribution in [0.25, 0.3) is 11.0 Å². The van der Waals surface area contributed by atoms with Gasteiger partial charge >= 0.3 is 0 Å². The van der Waals surface area contributed by atoms with E-state index in [1.807, 2.05) is 4.90 Å². The van der Waals surface area contributed by atoms with Crippen LogP contribution in [0.2, 0.25) is 0 Å². The zero-order chi connectivity index (χ0) is 21.5. The summed E-state index contributed by atoms with van der Waals surface area (Å²) in [6.07, 6.45) is 8.15. The van der Waals surface area contributed by atoms with E-state index in [0.717, 1.165) is 62.7 Å². The van der Waals surface area contributed by atoms with Gasteiger partial charge in [0.1, 0.15) is 0 Å². The zero-order valence-corrected chi connectivity index (χ0v) is 18.3. The summed E-state index contributed by atoms with van der Waals surface area (Å²) in [7, 11) is 0. The summed E-state index contributed by atoms with van der Waals surface area (Å²) in [4.78, 5) is 30.7. The van der Waals surface area contributed by atoms with Crippen LogP contribution in [0.15, 0.2) is 12.4 Å². The largest absolute Gasteiger partial charge is 0.352 e. The minimum Gasteiger partial charge on any atom is -0.352 e. The van der Waals surface area contributed by atoms with Crippen LogP contribution in [-0.4, -0.2) is 64.1 Å². The van der Waals surface area contributed by atoms with Crippen molar-refractivity contribution in [2.45, 2.75) is 58.9 Å². The maximum absolute atomic E-state index is 12.9. The SMILES string of the molecule is CCC(CC)CNC(=O)c1cnc2[nH]ncc2c1CCNC1CCN(C(C)=O)CC1. The third-order valence-corrected chi connectivity index (χ3v) is 6.29. The second-order valence-corrected chi connectivity index (χ2v) is 8.16. The standard InChI is InChI=1S/C22H34N6O2/c1-4-16(5-2)12-25-22(30)20-13-24-21-19(14-26-27-21)18(20)6-9-23-17-7-10-28(11-8-17)15(3)29/h13-14,16-17,23H,4-12H2,1-3H3,(H,25,30)(H,24,26,27). The van der Waals surface area contributed by atoms with Crippen molar-refractivity contribution in [1.29, 1.82) is 0 Å². The Balaban J connectivity index is 1.64. The van der Waals surface area contributed by atoms with E-state index in [2.05, 4.69) is 39.7 Å². The average molecular weight is 415 g/mol. The molecular formula is C22H34N6O2. The van der Waals surface area contributed by atoms with Crippen molar-refractivity contribution in [2.75, 3.05) is 26.2 Å². The van der Waals surface area contributed by atoms with E-state index in [0.29, 0.717) is 29.7 Å². The highest BCUT2D eigenvalue weighted by Crippen LogP contribution is 2.20. The number of aromatic amines is 1. The summed E-state index contributed by atoms with van der Waals surface area (Å²) in [5.74, 6) is 0.574. The molecule has 1 fully saturated rings. The Morgan fingerprint density at radius 1 is 1.23 bits per heavy atom. The maximum Gasteiger partial charge on any atom is 0.253 e. The summed E-state index contributed by atoms with van der Waals surface area (Å²) >= 11 is 0. The highest BCUT2D eigenvalue weighted by atomic mass is 16.2. The lowest BCUT2D eigenvalue weighted by atomic mass is 10.0. The van der Waals surface area contributed by atoms with Gasteiger partial charge in [-0.2, -0.15) is 5.10 Å². The van der Waals surface area contributed by atoms with E-state index >= 15 is 0 Å². The van der Waals surface area contributed by atoms with E-state index < -0.39 is 0 Å². The number of carbonyl (C=O) groups is 2.